The molecule has 0 radical (unpaired) electrons. The number of nitrogens with one attached hydrogen (secondary N) is 2. The lowest BCUT2D eigenvalue weighted by atomic mass is 10.1. The van der Waals surface area contributed by atoms with E-state index in [1.165, 1.54) is 64.2 Å². The SMILES string of the molecule is CCCCCCC/C=C/CCCCC1NC=C[N+]1(CC)CCNC(C)=O. The first-order valence-electron chi connectivity index (χ1n) is 10.8. The second-order valence-corrected chi connectivity index (χ2v) is 7.58. The zero-order valence-electron chi connectivity index (χ0n) is 17.4. The predicted molar refractivity (Wildman–Crippen MR) is 111 cm³/mol. The second-order valence-electron chi connectivity index (χ2n) is 7.58. The quantitative estimate of drug-likeness (QED) is 0.248. The van der Waals surface area contributed by atoms with Gasteiger partial charge in [-0.1, -0.05) is 44.8 Å². The molecule has 26 heavy (non-hydrogen) atoms. The lowest BCUT2D eigenvalue weighted by Gasteiger charge is -2.37. The highest BCUT2D eigenvalue weighted by atomic mass is 16.1. The number of allylic oxidation sites excluding steroid dienone is 2. The van der Waals surface area contributed by atoms with Crippen LogP contribution in [0.4, 0.5) is 0 Å². The summed E-state index contributed by atoms with van der Waals surface area (Å²) in [5.41, 5.74) is 0. The summed E-state index contributed by atoms with van der Waals surface area (Å²) >= 11 is 0. The molecular formula is C22H42N3O+. The summed E-state index contributed by atoms with van der Waals surface area (Å²) in [5, 5.41) is 6.47. The van der Waals surface area contributed by atoms with Crippen molar-refractivity contribution in [3.05, 3.63) is 24.6 Å². The molecule has 0 saturated carbocycles. The van der Waals surface area contributed by atoms with Gasteiger partial charge in [0.2, 0.25) is 5.91 Å². The molecule has 0 aromatic carbocycles. The van der Waals surface area contributed by atoms with Gasteiger partial charge >= 0.3 is 0 Å². The van der Waals surface area contributed by atoms with Crippen LogP contribution in [-0.2, 0) is 4.79 Å². The van der Waals surface area contributed by atoms with Crippen LogP contribution >= 0.6 is 0 Å². The van der Waals surface area contributed by atoms with E-state index in [0.29, 0.717) is 6.17 Å². The second kappa shape index (κ2) is 13.9. The van der Waals surface area contributed by atoms with Gasteiger partial charge in [0, 0.05) is 13.3 Å². The maximum absolute atomic E-state index is 11.1. The minimum absolute atomic E-state index is 0.0593. The van der Waals surface area contributed by atoms with Crippen LogP contribution in [0.25, 0.3) is 0 Å². The number of carbonyl (C=O) groups excluding carboxylic acids is 1. The van der Waals surface area contributed by atoms with Crippen molar-refractivity contribution in [3.63, 3.8) is 0 Å². The molecule has 0 fully saturated rings. The molecule has 2 atom stereocenters. The molecule has 1 rings (SSSR count). The van der Waals surface area contributed by atoms with Gasteiger partial charge in [0.15, 0.2) is 6.17 Å². The maximum Gasteiger partial charge on any atom is 0.217 e. The van der Waals surface area contributed by atoms with Crippen LogP contribution in [0.2, 0.25) is 0 Å². The number of likely N-dealkylation sites (N-methyl/N-ethyl adjacent to an activating group) is 1. The maximum atomic E-state index is 11.1. The summed E-state index contributed by atoms with van der Waals surface area (Å²) in [6.45, 7) is 8.86. The molecule has 4 heteroatoms. The fourth-order valence-electron chi connectivity index (χ4n) is 3.75. The monoisotopic (exact) mass is 364 g/mol. The van der Waals surface area contributed by atoms with Gasteiger partial charge in [-0.25, -0.2) is 0 Å². The van der Waals surface area contributed by atoms with Gasteiger partial charge in [-0.3, -0.25) is 9.28 Å². The molecule has 1 aliphatic rings. The Morgan fingerprint density at radius 2 is 1.77 bits per heavy atom. The van der Waals surface area contributed by atoms with E-state index in [2.05, 4.69) is 49.0 Å². The first kappa shape index (κ1) is 22.8. The Hall–Kier alpha value is -1.29. The Labute approximate surface area is 161 Å². The van der Waals surface area contributed by atoms with Crippen LogP contribution in [-0.4, -0.2) is 36.2 Å². The van der Waals surface area contributed by atoms with E-state index >= 15 is 0 Å². The minimum Gasteiger partial charge on any atom is -0.351 e. The number of carbonyl (C=O) groups is 1. The van der Waals surface area contributed by atoms with Crippen LogP contribution in [0.3, 0.4) is 0 Å². The summed E-state index contributed by atoms with van der Waals surface area (Å²) in [6.07, 6.45) is 22.6. The van der Waals surface area contributed by atoms with E-state index in [1.54, 1.807) is 6.92 Å². The average Bonchev–Trinajstić information content (AvgIpc) is 3.02. The highest BCUT2D eigenvalue weighted by molar-refractivity contribution is 5.72. The molecule has 0 saturated heterocycles. The van der Waals surface area contributed by atoms with Crippen LogP contribution in [0.5, 0.6) is 0 Å². The van der Waals surface area contributed by atoms with Crippen molar-refractivity contribution in [1.82, 2.24) is 10.6 Å². The Bertz CT molecular complexity index is 433. The first-order chi connectivity index (χ1) is 12.6. The van der Waals surface area contributed by atoms with Crippen LogP contribution in [0.1, 0.15) is 85.0 Å². The molecule has 150 valence electrons. The first-order valence-corrected chi connectivity index (χ1v) is 10.8. The molecule has 0 aliphatic carbocycles. The lowest BCUT2D eigenvalue weighted by molar-refractivity contribution is -0.898. The molecule has 2 N–H and O–H groups in total. The van der Waals surface area contributed by atoms with Crippen molar-refractivity contribution in [2.75, 3.05) is 19.6 Å². The molecule has 4 nitrogen and oxygen atoms in total. The van der Waals surface area contributed by atoms with E-state index < -0.39 is 0 Å². The molecule has 1 aliphatic heterocycles. The largest absolute Gasteiger partial charge is 0.351 e. The molecule has 0 spiro atoms. The van der Waals surface area contributed by atoms with Gasteiger partial charge in [0.1, 0.15) is 12.7 Å². The molecule has 0 bridgehead atoms. The van der Waals surface area contributed by atoms with Crippen molar-refractivity contribution in [2.24, 2.45) is 0 Å². The Kier molecular flexibility index (Phi) is 12.1. The van der Waals surface area contributed by atoms with Crippen LogP contribution in [0, 0.1) is 0 Å². The number of amides is 1. The fraction of sp³-hybridized carbons (Fsp3) is 0.773. The Morgan fingerprint density at radius 1 is 1.08 bits per heavy atom. The Balaban J connectivity index is 2.16. The molecule has 1 heterocycles. The summed E-state index contributed by atoms with van der Waals surface area (Å²) in [5.74, 6) is 0.0593. The highest BCUT2D eigenvalue weighted by Gasteiger charge is 2.36. The number of rotatable bonds is 15. The van der Waals surface area contributed by atoms with Crippen molar-refractivity contribution >= 4 is 5.91 Å². The number of nitrogens with zero attached hydrogens (tertiary/aromatic N) is 1. The van der Waals surface area contributed by atoms with Crippen molar-refractivity contribution in [2.45, 2.75) is 91.1 Å². The molecule has 1 amide bonds. The number of unbranched alkanes of at least 4 members (excludes halogenated alkanes) is 7. The van der Waals surface area contributed by atoms with Gasteiger partial charge in [-0.15, -0.1) is 0 Å². The summed E-state index contributed by atoms with van der Waals surface area (Å²) in [7, 11) is 0. The third-order valence-corrected chi connectivity index (χ3v) is 5.51. The average molecular weight is 365 g/mol. The summed E-state index contributed by atoms with van der Waals surface area (Å²) < 4.78 is 0.938. The standard InChI is InChI=1S/C22H41N3O/c1-4-6-7-8-9-10-11-12-13-14-15-16-22-24-18-20-25(22,5-2)19-17-23-21(3)26/h11-12,18,20,22,24H,4-10,13-17,19H2,1-3H3/p+1/b12-11+. The predicted octanol–water partition coefficient (Wildman–Crippen LogP) is 4.84. The smallest absolute Gasteiger partial charge is 0.217 e. The van der Waals surface area contributed by atoms with Crippen LogP contribution in [0.15, 0.2) is 24.6 Å². The van der Waals surface area contributed by atoms with Crippen LogP contribution < -0.4 is 10.6 Å². The normalized spacial score (nSPS) is 22.0. The van der Waals surface area contributed by atoms with E-state index in [4.69, 9.17) is 0 Å². The number of quaternary nitrogens is 1. The summed E-state index contributed by atoms with van der Waals surface area (Å²) in [4.78, 5) is 11.1. The number of hydrogen-bond donors (Lipinski definition) is 2. The topological polar surface area (TPSA) is 41.1 Å². The van der Waals surface area contributed by atoms with E-state index in [9.17, 15) is 4.79 Å². The zero-order chi connectivity index (χ0) is 19.1. The van der Waals surface area contributed by atoms with E-state index in [1.807, 2.05) is 0 Å². The van der Waals surface area contributed by atoms with Gasteiger partial charge in [0.25, 0.3) is 0 Å². The molecular weight excluding hydrogens is 322 g/mol. The fourth-order valence-corrected chi connectivity index (χ4v) is 3.75. The van der Waals surface area contributed by atoms with Gasteiger partial charge < -0.3 is 10.6 Å². The van der Waals surface area contributed by atoms with Gasteiger partial charge in [0.05, 0.1) is 19.3 Å². The molecule has 0 aromatic heterocycles. The number of hydrogen-bond acceptors (Lipinski definition) is 2. The zero-order valence-corrected chi connectivity index (χ0v) is 17.4. The third kappa shape index (κ3) is 8.88. The minimum atomic E-state index is 0.0593. The highest BCUT2D eigenvalue weighted by Crippen LogP contribution is 2.22. The van der Waals surface area contributed by atoms with E-state index in [-0.39, 0.29) is 5.91 Å². The van der Waals surface area contributed by atoms with Crippen molar-refractivity contribution < 1.29 is 9.28 Å². The molecule has 2 unspecified atom stereocenters. The van der Waals surface area contributed by atoms with Crippen molar-refractivity contribution in [3.8, 4) is 0 Å². The summed E-state index contributed by atoms with van der Waals surface area (Å²) in [6, 6.07) is 0. The third-order valence-electron chi connectivity index (χ3n) is 5.51. The molecule has 0 aromatic rings. The Morgan fingerprint density at radius 3 is 2.42 bits per heavy atom. The van der Waals surface area contributed by atoms with Gasteiger partial charge in [-0.2, -0.15) is 0 Å². The van der Waals surface area contributed by atoms with Gasteiger partial charge in [-0.05, 0) is 39.0 Å². The lowest BCUT2D eigenvalue weighted by Crippen LogP contribution is -2.55. The van der Waals surface area contributed by atoms with Crippen molar-refractivity contribution in [1.29, 1.82) is 0 Å². The van der Waals surface area contributed by atoms with E-state index in [0.717, 1.165) is 24.1 Å².